The lowest BCUT2D eigenvalue weighted by atomic mass is 10.0. The van der Waals surface area contributed by atoms with Crippen LogP contribution < -0.4 is 10.2 Å². The van der Waals surface area contributed by atoms with Gasteiger partial charge in [0.2, 0.25) is 11.8 Å². The van der Waals surface area contributed by atoms with Crippen LogP contribution in [0.4, 0.5) is 10.1 Å². The molecule has 0 radical (unpaired) electrons. The largest absolute Gasteiger partial charge is 0.368 e. The average molecular weight is 490 g/mol. The quantitative estimate of drug-likeness (QED) is 0.536. The second kappa shape index (κ2) is 8.43. The molecule has 4 heterocycles. The minimum Gasteiger partial charge on any atom is -0.368 e. The number of rotatable bonds is 3. The SMILES string of the molecule is O=C1CCC(N2Cc3c(cc(F)cc3N3CCN(C(=O)c4cccc5[nH]cnc45)CC3)C2=O)C(=O)N1. The number of nitrogens with one attached hydrogen (secondary N) is 2. The summed E-state index contributed by atoms with van der Waals surface area (Å²) in [6.07, 6.45) is 1.95. The third kappa shape index (κ3) is 3.58. The number of amides is 4. The average Bonchev–Trinajstić information content (AvgIpc) is 3.48. The first-order valence-electron chi connectivity index (χ1n) is 11.8. The molecular formula is C25H23FN6O4. The summed E-state index contributed by atoms with van der Waals surface area (Å²) in [6, 6.07) is 7.27. The van der Waals surface area contributed by atoms with Crippen LogP contribution in [0.15, 0.2) is 36.7 Å². The minimum absolute atomic E-state index is 0.115. The highest BCUT2D eigenvalue weighted by atomic mass is 19.1. The molecule has 3 aliphatic heterocycles. The van der Waals surface area contributed by atoms with Crippen LogP contribution in [0.25, 0.3) is 11.0 Å². The highest BCUT2D eigenvalue weighted by Gasteiger charge is 2.41. The normalized spacial score (nSPS) is 20.2. The number of imidazole rings is 1. The van der Waals surface area contributed by atoms with Crippen molar-refractivity contribution in [2.24, 2.45) is 0 Å². The zero-order valence-corrected chi connectivity index (χ0v) is 19.3. The molecule has 2 aromatic carbocycles. The highest BCUT2D eigenvalue weighted by Crippen LogP contribution is 2.35. The standard InChI is InChI=1S/C25H23FN6O4/c26-14-10-16-17(12-32(25(16)36)19-4-5-21(33)29-23(19)34)20(11-14)30-6-8-31(9-7-30)24(35)15-2-1-3-18-22(15)28-13-27-18/h1-3,10-11,13,19H,4-9,12H2,(H,27,28)(H,29,33,34). The number of carbonyl (C=O) groups excluding carboxylic acids is 4. The molecule has 0 aliphatic carbocycles. The predicted molar refractivity (Wildman–Crippen MR) is 127 cm³/mol. The molecule has 6 rings (SSSR count). The fraction of sp³-hybridized carbons (Fsp3) is 0.320. The third-order valence-corrected chi connectivity index (χ3v) is 7.18. The van der Waals surface area contributed by atoms with E-state index in [0.29, 0.717) is 48.5 Å². The van der Waals surface area contributed by atoms with Gasteiger partial charge in [0, 0.05) is 56.0 Å². The van der Waals surface area contributed by atoms with Gasteiger partial charge in [0.25, 0.3) is 11.8 Å². The Morgan fingerprint density at radius 3 is 2.67 bits per heavy atom. The number of carbonyl (C=O) groups is 4. The summed E-state index contributed by atoms with van der Waals surface area (Å²) in [7, 11) is 0. The summed E-state index contributed by atoms with van der Waals surface area (Å²) in [6.45, 7) is 1.94. The Morgan fingerprint density at radius 1 is 1.08 bits per heavy atom. The number of fused-ring (bicyclic) bond motifs is 2. The van der Waals surface area contributed by atoms with E-state index in [1.54, 1.807) is 17.3 Å². The van der Waals surface area contributed by atoms with Gasteiger partial charge in [0.1, 0.15) is 17.4 Å². The lowest BCUT2D eigenvalue weighted by molar-refractivity contribution is -0.136. The van der Waals surface area contributed by atoms with Gasteiger partial charge < -0.3 is 19.7 Å². The van der Waals surface area contributed by atoms with Crippen LogP contribution >= 0.6 is 0 Å². The van der Waals surface area contributed by atoms with Crippen molar-refractivity contribution in [1.82, 2.24) is 25.1 Å². The summed E-state index contributed by atoms with van der Waals surface area (Å²) in [5.74, 6) is -1.93. The number of aromatic nitrogens is 2. The summed E-state index contributed by atoms with van der Waals surface area (Å²) < 4.78 is 14.6. The summed E-state index contributed by atoms with van der Waals surface area (Å²) in [4.78, 5) is 62.6. The molecule has 1 atom stereocenters. The van der Waals surface area contributed by atoms with Gasteiger partial charge in [-0.05, 0) is 30.7 Å². The molecule has 0 spiro atoms. The second-order valence-electron chi connectivity index (χ2n) is 9.23. The molecule has 4 amide bonds. The minimum atomic E-state index is -0.766. The van der Waals surface area contributed by atoms with Crippen LogP contribution in [0.3, 0.4) is 0 Å². The van der Waals surface area contributed by atoms with Crippen molar-refractivity contribution in [3.63, 3.8) is 0 Å². The molecule has 2 saturated heterocycles. The van der Waals surface area contributed by atoms with Crippen LogP contribution in [0.2, 0.25) is 0 Å². The molecule has 2 N–H and O–H groups in total. The van der Waals surface area contributed by atoms with Gasteiger partial charge in [-0.25, -0.2) is 9.37 Å². The summed E-state index contributed by atoms with van der Waals surface area (Å²) in [5, 5.41) is 2.28. The molecule has 1 aromatic heterocycles. The van der Waals surface area contributed by atoms with E-state index < -0.39 is 23.7 Å². The van der Waals surface area contributed by atoms with Gasteiger partial charge in [-0.15, -0.1) is 0 Å². The van der Waals surface area contributed by atoms with Crippen LogP contribution in [0.1, 0.15) is 39.1 Å². The van der Waals surface area contributed by atoms with Crippen molar-refractivity contribution < 1.29 is 23.6 Å². The van der Waals surface area contributed by atoms with Crippen molar-refractivity contribution in [2.45, 2.75) is 25.4 Å². The number of imide groups is 1. The Kier molecular flexibility index (Phi) is 5.20. The molecule has 11 heteroatoms. The van der Waals surface area contributed by atoms with E-state index in [-0.39, 0.29) is 36.8 Å². The Labute approximate surface area is 205 Å². The molecule has 1 unspecified atom stereocenters. The Bertz CT molecular complexity index is 1430. The van der Waals surface area contributed by atoms with E-state index in [1.807, 2.05) is 17.0 Å². The van der Waals surface area contributed by atoms with Crippen LogP contribution in [0, 0.1) is 5.82 Å². The molecule has 184 valence electrons. The lowest BCUT2D eigenvalue weighted by Crippen LogP contribution is -2.52. The lowest BCUT2D eigenvalue weighted by Gasteiger charge is -2.37. The molecule has 0 saturated carbocycles. The monoisotopic (exact) mass is 490 g/mol. The number of nitrogens with zero attached hydrogens (tertiary/aromatic N) is 4. The second-order valence-corrected chi connectivity index (χ2v) is 9.23. The molecular weight excluding hydrogens is 467 g/mol. The van der Waals surface area contributed by atoms with E-state index in [2.05, 4.69) is 15.3 Å². The number of hydrogen-bond acceptors (Lipinski definition) is 6. The maximum Gasteiger partial charge on any atom is 0.256 e. The molecule has 2 fully saturated rings. The first kappa shape index (κ1) is 22.2. The van der Waals surface area contributed by atoms with Crippen LogP contribution in [0.5, 0.6) is 0 Å². The fourth-order valence-electron chi connectivity index (χ4n) is 5.35. The number of H-pyrrole nitrogens is 1. The van der Waals surface area contributed by atoms with E-state index in [4.69, 9.17) is 0 Å². The third-order valence-electron chi connectivity index (χ3n) is 7.18. The topological polar surface area (TPSA) is 119 Å². The Balaban J connectivity index is 1.21. The summed E-state index contributed by atoms with van der Waals surface area (Å²) in [5.41, 5.74) is 3.43. The number of benzene rings is 2. The fourth-order valence-corrected chi connectivity index (χ4v) is 5.35. The number of para-hydroxylation sites is 1. The van der Waals surface area contributed by atoms with Crippen molar-refractivity contribution >= 4 is 40.3 Å². The van der Waals surface area contributed by atoms with Gasteiger partial charge in [-0.2, -0.15) is 0 Å². The first-order chi connectivity index (χ1) is 17.4. The molecule has 3 aliphatic rings. The highest BCUT2D eigenvalue weighted by molar-refractivity contribution is 6.06. The van der Waals surface area contributed by atoms with Gasteiger partial charge in [-0.1, -0.05) is 6.07 Å². The van der Waals surface area contributed by atoms with E-state index in [0.717, 1.165) is 5.52 Å². The maximum atomic E-state index is 14.6. The van der Waals surface area contributed by atoms with Gasteiger partial charge in [0.05, 0.1) is 17.4 Å². The molecule has 0 bridgehead atoms. The number of aromatic amines is 1. The van der Waals surface area contributed by atoms with Gasteiger partial charge in [0.15, 0.2) is 0 Å². The van der Waals surface area contributed by atoms with Crippen molar-refractivity contribution in [2.75, 3.05) is 31.1 Å². The van der Waals surface area contributed by atoms with Crippen LogP contribution in [-0.4, -0.2) is 75.6 Å². The molecule has 10 nitrogen and oxygen atoms in total. The Hall–Kier alpha value is -4.28. The number of piperazine rings is 1. The molecule has 36 heavy (non-hydrogen) atoms. The van der Waals surface area contributed by atoms with Crippen LogP contribution in [-0.2, 0) is 16.1 Å². The number of halogens is 1. The van der Waals surface area contributed by atoms with Crippen molar-refractivity contribution in [3.8, 4) is 0 Å². The Morgan fingerprint density at radius 2 is 1.89 bits per heavy atom. The number of piperidine rings is 1. The smallest absolute Gasteiger partial charge is 0.256 e. The van der Waals surface area contributed by atoms with E-state index in [1.165, 1.54) is 17.0 Å². The first-order valence-corrected chi connectivity index (χ1v) is 11.8. The van der Waals surface area contributed by atoms with Gasteiger partial charge in [-0.3, -0.25) is 24.5 Å². The summed E-state index contributed by atoms with van der Waals surface area (Å²) >= 11 is 0. The predicted octanol–water partition coefficient (Wildman–Crippen LogP) is 1.43. The molecule has 3 aromatic rings. The van der Waals surface area contributed by atoms with Gasteiger partial charge >= 0.3 is 0 Å². The van der Waals surface area contributed by atoms with Crippen molar-refractivity contribution in [1.29, 1.82) is 0 Å². The zero-order valence-electron chi connectivity index (χ0n) is 19.3. The van der Waals surface area contributed by atoms with Crippen molar-refractivity contribution in [3.05, 3.63) is 59.2 Å². The number of anilines is 1. The van der Waals surface area contributed by atoms with E-state index in [9.17, 15) is 23.6 Å². The maximum absolute atomic E-state index is 14.6. The number of hydrogen-bond donors (Lipinski definition) is 2. The van der Waals surface area contributed by atoms with E-state index >= 15 is 0 Å². The zero-order chi connectivity index (χ0) is 25.0.